The summed E-state index contributed by atoms with van der Waals surface area (Å²) in [5, 5.41) is 0. The molecular formula is C14H19N5O2. The lowest BCUT2D eigenvalue weighted by Gasteiger charge is -2.24. The number of H-pyrrole nitrogens is 1. The van der Waals surface area contributed by atoms with Crippen LogP contribution in [0.1, 0.15) is 12.0 Å². The number of ether oxygens (including phenoxy) is 1. The van der Waals surface area contributed by atoms with Crippen molar-refractivity contribution >= 4 is 5.82 Å². The van der Waals surface area contributed by atoms with Crippen LogP contribution in [-0.4, -0.2) is 35.2 Å². The van der Waals surface area contributed by atoms with Crippen molar-refractivity contribution in [1.82, 2.24) is 15.0 Å². The molecule has 7 nitrogen and oxygen atoms in total. The van der Waals surface area contributed by atoms with Gasteiger partial charge in [-0.25, -0.2) is 4.98 Å². The van der Waals surface area contributed by atoms with Gasteiger partial charge in [-0.05, 0) is 24.6 Å². The average Bonchev–Trinajstić information content (AvgIpc) is 2.52. The lowest BCUT2D eigenvalue weighted by atomic mass is 10.2. The molecule has 2 aromatic rings. The van der Waals surface area contributed by atoms with Crippen molar-refractivity contribution in [2.75, 3.05) is 25.1 Å². The maximum Gasteiger partial charge on any atom is 0.295 e. The van der Waals surface area contributed by atoms with Crippen LogP contribution in [0, 0.1) is 0 Å². The number of nitrogens with zero attached hydrogens (tertiary/aromatic N) is 3. The molecule has 0 bridgehead atoms. The Kier molecular flexibility index (Phi) is 5.28. The van der Waals surface area contributed by atoms with Gasteiger partial charge in [0.15, 0.2) is 5.82 Å². The first-order valence-corrected chi connectivity index (χ1v) is 6.72. The molecule has 2 heterocycles. The molecule has 0 saturated carbocycles. The van der Waals surface area contributed by atoms with E-state index in [9.17, 15) is 4.79 Å². The minimum Gasteiger partial charge on any atom is -0.489 e. The second kappa shape index (κ2) is 7.39. The van der Waals surface area contributed by atoms with Gasteiger partial charge in [0, 0.05) is 25.5 Å². The third-order valence-electron chi connectivity index (χ3n) is 3.02. The molecule has 0 aliphatic heterocycles. The van der Waals surface area contributed by atoms with E-state index in [4.69, 9.17) is 10.5 Å². The van der Waals surface area contributed by atoms with Gasteiger partial charge in [0.05, 0.1) is 13.4 Å². The molecule has 7 heteroatoms. The minimum absolute atomic E-state index is 0.207. The Bertz CT molecular complexity index is 614. The number of methoxy groups -OCH3 is 1. The van der Waals surface area contributed by atoms with Crippen LogP contribution in [-0.2, 0) is 6.54 Å². The van der Waals surface area contributed by atoms with Crippen molar-refractivity contribution in [3.8, 4) is 5.75 Å². The summed E-state index contributed by atoms with van der Waals surface area (Å²) in [7, 11) is 1.46. The predicted octanol–water partition coefficient (Wildman–Crippen LogP) is 0.529. The van der Waals surface area contributed by atoms with E-state index >= 15 is 0 Å². The standard InChI is InChI=1S/C14H19N5O2/c1-21-12-13(17-10-18-14(12)20)19(7-3-5-15)9-11-4-2-6-16-8-11/h2,4,6,8,10H,3,5,7,9,15H2,1H3,(H,17,18,20). The lowest BCUT2D eigenvalue weighted by Crippen LogP contribution is -2.29. The number of hydrogen-bond donors (Lipinski definition) is 2. The summed E-state index contributed by atoms with van der Waals surface area (Å²) < 4.78 is 5.18. The van der Waals surface area contributed by atoms with E-state index in [1.165, 1.54) is 13.4 Å². The molecule has 0 fully saturated rings. The van der Waals surface area contributed by atoms with Crippen LogP contribution in [0.5, 0.6) is 5.75 Å². The van der Waals surface area contributed by atoms with Gasteiger partial charge in [-0.3, -0.25) is 9.78 Å². The Labute approximate surface area is 122 Å². The third-order valence-corrected chi connectivity index (χ3v) is 3.02. The molecule has 0 aliphatic carbocycles. The lowest BCUT2D eigenvalue weighted by molar-refractivity contribution is 0.405. The van der Waals surface area contributed by atoms with Gasteiger partial charge >= 0.3 is 0 Å². The van der Waals surface area contributed by atoms with Gasteiger partial charge in [-0.2, -0.15) is 0 Å². The quantitative estimate of drug-likeness (QED) is 0.771. The molecule has 0 atom stereocenters. The number of rotatable bonds is 7. The molecule has 0 spiro atoms. The highest BCUT2D eigenvalue weighted by Crippen LogP contribution is 2.22. The molecule has 0 radical (unpaired) electrons. The number of pyridine rings is 1. The Balaban J connectivity index is 2.31. The zero-order valence-corrected chi connectivity index (χ0v) is 12.0. The summed E-state index contributed by atoms with van der Waals surface area (Å²) in [6, 6.07) is 3.85. The highest BCUT2D eigenvalue weighted by molar-refractivity contribution is 5.51. The molecule has 0 aromatic carbocycles. The Morgan fingerprint density at radius 3 is 3.00 bits per heavy atom. The van der Waals surface area contributed by atoms with Crippen molar-refractivity contribution < 1.29 is 4.74 Å². The minimum atomic E-state index is -0.300. The van der Waals surface area contributed by atoms with Gasteiger partial charge in [-0.1, -0.05) is 6.07 Å². The predicted molar refractivity (Wildman–Crippen MR) is 80.4 cm³/mol. The number of hydrogen-bond acceptors (Lipinski definition) is 6. The van der Waals surface area contributed by atoms with E-state index in [1.54, 1.807) is 12.4 Å². The zero-order chi connectivity index (χ0) is 15.1. The van der Waals surface area contributed by atoms with E-state index in [1.807, 2.05) is 17.0 Å². The fourth-order valence-corrected chi connectivity index (χ4v) is 2.04. The summed E-state index contributed by atoms with van der Waals surface area (Å²) >= 11 is 0. The Hall–Kier alpha value is -2.41. The summed E-state index contributed by atoms with van der Waals surface area (Å²) in [4.78, 5) is 24.6. The molecule has 0 saturated heterocycles. The number of aromatic amines is 1. The number of anilines is 1. The Morgan fingerprint density at radius 1 is 1.48 bits per heavy atom. The SMILES string of the molecule is COc1c(N(CCCN)Cc2cccnc2)nc[nH]c1=O. The number of nitrogens with two attached hydrogens (primary N) is 1. The van der Waals surface area contributed by atoms with E-state index in [0.717, 1.165) is 12.0 Å². The highest BCUT2D eigenvalue weighted by Gasteiger charge is 2.16. The van der Waals surface area contributed by atoms with Crippen LogP contribution in [0.3, 0.4) is 0 Å². The van der Waals surface area contributed by atoms with Gasteiger partial charge in [-0.15, -0.1) is 0 Å². The third kappa shape index (κ3) is 3.79. The van der Waals surface area contributed by atoms with Crippen LogP contribution in [0.15, 0.2) is 35.6 Å². The molecule has 0 aliphatic rings. The van der Waals surface area contributed by atoms with Crippen molar-refractivity contribution in [3.63, 3.8) is 0 Å². The molecule has 112 valence electrons. The molecule has 0 unspecified atom stereocenters. The molecule has 0 amide bonds. The molecular weight excluding hydrogens is 270 g/mol. The molecule has 2 aromatic heterocycles. The van der Waals surface area contributed by atoms with Crippen LogP contribution in [0.25, 0.3) is 0 Å². The van der Waals surface area contributed by atoms with Crippen molar-refractivity contribution in [3.05, 3.63) is 46.8 Å². The summed E-state index contributed by atoms with van der Waals surface area (Å²) in [5.74, 6) is 0.719. The monoisotopic (exact) mass is 289 g/mol. The topological polar surface area (TPSA) is 97.1 Å². The van der Waals surface area contributed by atoms with E-state index in [0.29, 0.717) is 25.5 Å². The van der Waals surface area contributed by atoms with Crippen LogP contribution < -0.4 is 20.9 Å². The largest absolute Gasteiger partial charge is 0.489 e. The van der Waals surface area contributed by atoms with E-state index in [2.05, 4.69) is 15.0 Å². The van der Waals surface area contributed by atoms with Crippen molar-refractivity contribution in [2.24, 2.45) is 5.73 Å². The normalized spacial score (nSPS) is 10.4. The highest BCUT2D eigenvalue weighted by atomic mass is 16.5. The molecule has 21 heavy (non-hydrogen) atoms. The maximum atomic E-state index is 11.8. The van der Waals surface area contributed by atoms with Gasteiger partial charge in [0.25, 0.3) is 5.56 Å². The number of nitrogens with one attached hydrogen (secondary N) is 1. The molecule has 3 N–H and O–H groups in total. The second-order valence-electron chi connectivity index (χ2n) is 4.51. The molecule has 2 rings (SSSR count). The van der Waals surface area contributed by atoms with Crippen LogP contribution in [0.4, 0.5) is 5.82 Å². The Morgan fingerprint density at radius 2 is 2.33 bits per heavy atom. The number of aromatic nitrogens is 3. The van der Waals surface area contributed by atoms with Gasteiger partial charge < -0.3 is 20.4 Å². The van der Waals surface area contributed by atoms with Crippen molar-refractivity contribution in [1.29, 1.82) is 0 Å². The summed E-state index contributed by atoms with van der Waals surface area (Å²) in [6.45, 7) is 1.83. The zero-order valence-electron chi connectivity index (χ0n) is 12.0. The van der Waals surface area contributed by atoms with E-state index in [-0.39, 0.29) is 11.3 Å². The smallest absolute Gasteiger partial charge is 0.295 e. The van der Waals surface area contributed by atoms with Crippen LogP contribution >= 0.6 is 0 Å². The first-order chi connectivity index (χ1) is 10.3. The first-order valence-electron chi connectivity index (χ1n) is 6.72. The van der Waals surface area contributed by atoms with Gasteiger partial charge in [0.2, 0.25) is 5.75 Å². The van der Waals surface area contributed by atoms with E-state index < -0.39 is 0 Å². The fraction of sp³-hybridized carbons (Fsp3) is 0.357. The fourth-order valence-electron chi connectivity index (χ4n) is 2.04. The van der Waals surface area contributed by atoms with Crippen LogP contribution in [0.2, 0.25) is 0 Å². The summed E-state index contributed by atoms with van der Waals surface area (Å²) in [5.41, 5.74) is 6.32. The first kappa shape index (κ1) is 15.0. The second-order valence-corrected chi connectivity index (χ2v) is 4.51. The maximum absolute atomic E-state index is 11.8. The van der Waals surface area contributed by atoms with Crippen molar-refractivity contribution in [2.45, 2.75) is 13.0 Å². The summed E-state index contributed by atoms with van der Waals surface area (Å²) in [6.07, 6.45) is 5.67. The van der Waals surface area contributed by atoms with Gasteiger partial charge in [0.1, 0.15) is 0 Å². The average molecular weight is 289 g/mol.